The van der Waals surface area contributed by atoms with E-state index in [0.717, 1.165) is 6.20 Å². The number of amides is 1. The predicted octanol–water partition coefficient (Wildman–Crippen LogP) is -0.308. The number of anilines is 1. The maximum atomic E-state index is 11.8. The van der Waals surface area contributed by atoms with E-state index in [-0.39, 0.29) is 24.5 Å². The fourth-order valence-corrected chi connectivity index (χ4v) is 2.77. The van der Waals surface area contributed by atoms with Crippen LogP contribution in [0.4, 0.5) is 11.5 Å². The van der Waals surface area contributed by atoms with E-state index in [1.165, 1.54) is 11.0 Å². The number of nitro groups is 1. The third kappa shape index (κ3) is 2.60. The molecule has 1 saturated heterocycles. The molecule has 1 atom stereocenters. The quantitative estimate of drug-likeness (QED) is 0.600. The number of nitrogens with two attached hydrogens (primary N) is 1. The van der Waals surface area contributed by atoms with E-state index in [9.17, 15) is 23.3 Å². The van der Waals surface area contributed by atoms with Crippen molar-refractivity contribution in [1.29, 1.82) is 0 Å². The largest absolute Gasteiger partial charge is 0.295 e. The summed E-state index contributed by atoms with van der Waals surface area (Å²) < 4.78 is 22.5. The van der Waals surface area contributed by atoms with E-state index >= 15 is 0 Å². The molecular weight excluding hydrogens is 288 g/mol. The SMILES string of the molecule is Cc1cc([N+](=O)[O-])cnc1N1CC(S(N)(=O)=O)CC1=O. The molecule has 0 radical (unpaired) electrons. The molecule has 10 heteroatoms. The minimum Gasteiger partial charge on any atom is -0.295 e. The van der Waals surface area contributed by atoms with Gasteiger partial charge in [0, 0.05) is 19.0 Å². The molecule has 2 N–H and O–H groups in total. The number of carbonyl (C=O) groups is 1. The van der Waals surface area contributed by atoms with Crippen molar-refractivity contribution < 1.29 is 18.1 Å². The molecule has 0 saturated carbocycles. The van der Waals surface area contributed by atoms with Crippen LogP contribution in [0.15, 0.2) is 12.3 Å². The molecule has 108 valence electrons. The molecule has 0 aliphatic carbocycles. The Kier molecular flexibility index (Phi) is 3.44. The zero-order valence-electron chi connectivity index (χ0n) is 10.5. The lowest BCUT2D eigenvalue weighted by Gasteiger charge is -2.17. The number of aromatic nitrogens is 1. The van der Waals surface area contributed by atoms with Crippen LogP contribution < -0.4 is 10.0 Å². The van der Waals surface area contributed by atoms with Gasteiger partial charge in [-0.05, 0) is 12.5 Å². The number of hydrogen-bond donors (Lipinski definition) is 1. The van der Waals surface area contributed by atoms with Gasteiger partial charge >= 0.3 is 0 Å². The van der Waals surface area contributed by atoms with Crippen molar-refractivity contribution in [3.8, 4) is 0 Å². The van der Waals surface area contributed by atoms with Crippen LogP contribution in [0.3, 0.4) is 0 Å². The van der Waals surface area contributed by atoms with E-state index in [2.05, 4.69) is 4.98 Å². The topological polar surface area (TPSA) is 136 Å². The van der Waals surface area contributed by atoms with Gasteiger partial charge in [-0.3, -0.25) is 19.8 Å². The Labute approximate surface area is 114 Å². The Morgan fingerprint density at radius 3 is 2.65 bits per heavy atom. The first-order chi connectivity index (χ1) is 9.20. The molecule has 0 bridgehead atoms. The third-order valence-corrected chi connectivity index (χ3v) is 4.30. The molecule has 1 unspecified atom stereocenters. The number of rotatable bonds is 3. The summed E-state index contributed by atoms with van der Waals surface area (Å²) in [5.74, 6) is -0.208. The van der Waals surface area contributed by atoms with E-state index < -0.39 is 26.1 Å². The van der Waals surface area contributed by atoms with Crippen molar-refractivity contribution in [2.24, 2.45) is 5.14 Å². The molecule has 2 rings (SSSR count). The number of carbonyl (C=O) groups excluding carboxylic acids is 1. The summed E-state index contributed by atoms with van der Waals surface area (Å²) in [6.45, 7) is 1.47. The summed E-state index contributed by atoms with van der Waals surface area (Å²) in [5.41, 5.74) is 0.225. The summed E-state index contributed by atoms with van der Waals surface area (Å²) in [4.78, 5) is 26.9. The lowest BCUT2D eigenvalue weighted by atomic mass is 10.2. The number of nitrogens with zero attached hydrogens (tertiary/aromatic N) is 3. The lowest BCUT2D eigenvalue weighted by molar-refractivity contribution is -0.385. The van der Waals surface area contributed by atoms with Crippen LogP contribution in [0.25, 0.3) is 0 Å². The number of primary sulfonamides is 1. The van der Waals surface area contributed by atoms with Crippen molar-refractivity contribution >= 4 is 27.4 Å². The molecule has 0 aromatic carbocycles. The molecule has 0 spiro atoms. The molecule has 1 aromatic rings. The summed E-state index contributed by atoms with van der Waals surface area (Å²) in [6.07, 6.45) is 0.816. The van der Waals surface area contributed by atoms with Crippen LogP contribution in [0.2, 0.25) is 0 Å². The molecule has 20 heavy (non-hydrogen) atoms. The minimum absolute atomic E-state index is 0.0939. The summed E-state index contributed by atoms with van der Waals surface area (Å²) in [7, 11) is -3.81. The fourth-order valence-electron chi connectivity index (χ4n) is 2.03. The first-order valence-corrected chi connectivity index (χ1v) is 7.24. The van der Waals surface area contributed by atoms with Crippen molar-refractivity contribution in [3.63, 3.8) is 0 Å². The lowest BCUT2D eigenvalue weighted by Crippen LogP contribution is -2.32. The van der Waals surface area contributed by atoms with Crippen LogP contribution in [0.1, 0.15) is 12.0 Å². The number of pyridine rings is 1. The van der Waals surface area contributed by atoms with E-state index in [1.807, 2.05) is 0 Å². The first-order valence-electron chi connectivity index (χ1n) is 5.63. The van der Waals surface area contributed by atoms with Gasteiger partial charge in [0.2, 0.25) is 15.9 Å². The van der Waals surface area contributed by atoms with E-state index in [1.54, 1.807) is 6.92 Å². The second kappa shape index (κ2) is 4.80. The number of sulfonamides is 1. The van der Waals surface area contributed by atoms with Crippen LogP contribution in [-0.2, 0) is 14.8 Å². The predicted molar refractivity (Wildman–Crippen MR) is 69.5 cm³/mol. The molecule has 9 nitrogen and oxygen atoms in total. The van der Waals surface area contributed by atoms with Crippen LogP contribution in [0, 0.1) is 17.0 Å². The monoisotopic (exact) mass is 300 g/mol. The van der Waals surface area contributed by atoms with Gasteiger partial charge in [-0.25, -0.2) is 18.5 Å². The molecule has 2 heterocycles. The first kappa shape index (κ1) is 14.3. The third-order valence-electron chi connectivity index (χ3n) is 3.06. The normalized spacial score (nSPS) is 19.4. The summed E-state index contributed by atoms with van der Waals surface area (Å²) >= 11 is 0. The van der Waals surface area contributed by atoms with Crippen LogP contribution in [0.5, 0.6) is 0 Å². The Hall–Kier alpha value is -2.07. The van der Waals surface area contributed by atoms with Crippen molar-refractivity contribution in [2.45, 2.75) is 18.6 Å². The zero-order chi connectivity index (χ0) is 15.1. The highest BCUT2D eigenvalue weighted by atomic mass is 32.2. The van der Waals surface area contributed by atoms with Crippen LogP contribution in [-0.4, -0.2) is 36.0 Å². The number of hydrogen-bond acceptors (Lipinski definition) is 6. The maximum Gasteiger partial charge on any atom is 0.287 e. The van der Waals surface area contributed by atoms with Gasteiger partial charge in [-0.2, -0.15) is 0 Å². The summed E-state index contributed by atoms with van der Waals surface area (Å²) in [6, 6.07) is 1.28. The maximum absolute atomic E-state index is 11.8. The van der Waals surface area contributed by atoms with E-state index in [0.29, 0.717) is 5.56 Å². The molecule has 1 amide bonds. The number of aryl methyl sites for hydroxylation is 1. The Bertz CT molecular complexity index is 687. The Morgan fingerprint density at radius 1 is 1.55 bits per heavy atom. The van der Waals surface area contributed by atoms with E-state index in [4.69, 9.17) is 5.14 Å². The van der Waals surface area contributed by atoms with Crippen molar-refractivity contribution in [1.82, 2.24) is 4.98 Å². The van der Waals surface area contributed by atoms with Crippen molar-refractivity contribution in [2.75, 3.05) is 11.4 Å². The Balaban J connectivity index is 2.33. The Morgan fingerprint density at radius 2 is 2.20 bits per heavy atom. The fraction of sp³-hybridized carbons (Fsp3) is 0.400. The van der Waals surface area contributed by atoms with Gasteiger partial charge in [0.25, 0.3) is 5.69 Å². The highest BCUT2D eigenvalue weighted by molar-refractivity contribution is 7.89. The highest BCUT2D eigenvalue weighted by Gasteiger charge is 2.38. The zero-order valence-corrected chi connectivity index (χ0v) is 11.3. The van der Waals surface area contributed by atoms with Crippen LogP contribution >= 0.6 is 0 Å². The van der Waals surface area contributed by atoms with Gasteiger partial charge in [-0.15, -0.1) is 0 Å². The van der Waals surface area contributed by atoms with Gasteiger partial charge in [-0.1, -0.05) is 0 Å². The highest BCUT2D eigenvalue weighted by Crippen LogP contribution is 2.27. The molecule has 1 fully saturated rings. The second-order valence-electron chi connectivity index (χ2n) is 4.51. The molecular formula is C10H12N4O5S. The van der Waals surface area contributed by atoms with Gasteiger partial charge in [0.15, 0.2) is 0 Å². The minimum atomic E-state index is -3.81. The average molecular weight is 300 g/mol. The molecule has 1 aliphatic rings. The molecule has 1 aliphatic heterocycles. The second-order valence-corrected chi connectivity index (χ2v) is 6.36. The average Bonchev–Trinajstić information content (AvgIpc) is 2.71. The van der Waals surface area contributed by atoms with Gasteiger partial charge in [0.1, 0.15) is 17.3 Å². The molecule has 1 aromatic heterocycles. The van der Waals surface area contributed by atoms with Gasteiger partial charge < -0.3 is 0 Å². The van der Waals surface area contributed by atoms with Gasteiger partial charge in [0.05, 0.1) is 4.92 Å². The van der Waals surface area contributed by atoms with Crippen molar-refractivity contribution in [3.05, 3.63) is 27.9 Å². The smallest absolute Gasteiger partial charge is 0.287 e. The standard InChI is InChI=1S/C10H12N4O5S/c1-6-2-7(14(16)17)4-12-10(6)13-5-8(3-9(13)15)20(11,18)19/h2,4,8H,3,5H2,1H3,(H2,11,18,19). The summed E-state index contributed by atoms with van der Waals surface area (Å²) in [5, 5.41) is 14.7.